The monoisotopic (exact) mass is 439 g/mol. The third-order valence-electron chi connectivity index (χ3n) is 7.29. The van der Waals surface area contributed by atoms with Crippen LogP contribution in [0.15, 0.2) is 22.7 Å². The van der Waals surface area contributed by atoms with Crippen molar-refractivity contribution in [3.8, 4) is 5.75 Å². The van der Waals surface area contributed by atoms with Gasteiger partial charge in [0.25, 0.3) is 0 Å². The normalized spacial score (nSPS) is 25.1. The molecule has 2 saturated heterocycles. The average Bonchev–Trinajstić information content (AvgIpc) is 3.19. The smallest absolute Gasteiger partial charge is 0.227 e. The Balaban J connectivity index is 1.21. The summed E-state index contributed by atoms with van der Waals surface area (Å²) in [6.07, 6.45) is 1.94. The summed E-state index contributed by atoms with van der Waals surface area (Å²) in [6, 6.07) is 6.38. The second-order valence-electron chi connectivity index (χ2n) is 10.7. The van der Waals surface area contributed by atoms with E-state index in [2.05, 4.69) is 49.1 Å². The van der Waals surface area contributed by atoms with Crippen LogP contribution in [0.2, 0.25) is 0 Å². The maximum atomic E-state index is 12.7. The summed E-state index contributed by atoms with van der Waals surface area (Å²) >= 11 is 0. The number of fused-ring (bicyclic) bond motifs is 3. The number of carbonyl (C=O) groups is 1. The Morgan fingerprint density at radius 1 is 1.28 bits per heavy atom. The van der Waals surface area contributed by atoms with E-state index < -0.39 is 0 Å². The Labute approximate surface area is 189 Å². The van der Waals surface area contributed by atoms with Gasteiger partial charge in [-0.25, -0.2) is 0 Å². The molecule has 1 spiro atoms. The third kappa shape index (κ3) is 3.70. The first-order valence-corrected chi connectivity index (χ1v) is 11.7. The summed E-state index contributed by atoms with van der Waals surface area (Å²) in [5, 5.41) is 3.97. The molecule has 1 aromatic heterocycles. The molecule has 172 valence electrons. The van der Waals surface area contributed by atoms with E-state index in [1.165, 1.54) is 5.56 Å². The summed E-state index contributed by atoms with van der Waals surface area (Å²) < 4.78 is 18.2. The van der Waals surface area contributed by atoms with Gasteiger partial charge in [-0.05, 0) is 38.8 Å². The van der Waals surface area contributed by atoms with E-state index in [0.717, 1.165) is 30.8 Å². The maximum Gasteiger partial charge on any atom is 0.227 e. The van der Waals surface area contributed by atoms with Gasteiger partial charge in [-0.3, -0.25) is 4.79 Å². The van der Waals surface area contributed by atoms with Gasteiger partial charge in [0.1, 0.15) is 11.4 Å². The average molecular weight is 440 g/mol. The largest absolute Gasteiger partial charge is 0.487 e. The number of ether oxygens (including phenoxy) is 2. The lowest BCUT2D eigenvalue weighted by molar-refractivity contribution is -0.201. The number of carbonyl (C=O) groups excluding carboxylic acids is 1. The van der Waals surface area contributed by atoms with Gasteiger partial charge in [0, 0.05) is 48.7 Å². The highest BCUT2D eigenvalue weighted by molar-refractivity contribution is 5.77. The summed E-state index contributed by atoms with van der Waals surface area (Å²) in [5.74, 6) is 2.80. The number of likely N-dealkylation sites (tertiary alicyclic amines) is 1. The van der Waals surface area contributed by atoms with Gasteiger partial charge in [0.15, 0.2) is 5.82 Å². The molecular weight excluding hydrogens is 406 g/mol. The van der Waals surface area contributed by atoms with Crippen molar-refractivity contribution in [3.05, 3.63) is 41.0 Å². The van der Waals surface area contributed by atoms with Crippen molar-refractivity contribution in [3.63, 3.8) is 0 Å². The molecule has 0 N–H and O–H groups in total. The van der Waals surface area contributed by atoms with Gasteiger partial charge in [-0.15, -0.1) is 0 Å². The number of amides is 1. The molecule has 1 amide bonds. The fraction of sp³-hybridized carbons (Fsp3) is 0.640. The molecule has 3 aliphatic heterocycles. The van der Waals surface area contributed by atoms with Crippen LogP contribution < -0.4 is 4.74 Å². The molecular formula is C25H33N3O4. The Hall–Kier alpha value is -2.41. The summed E-state index contributed by atoms with van der Waals surface area (Å²) in [5.41, 5.74) is 2.06. The van der Waals surface area contributed by atoms with Crippen LogP contribution in [-0.4, -0.2) is 46.2 Å². The fourth-order valence-electron chi connectivity index (χ4n) is 5.39. The van der Waals surface area contributed by atoms with Gasteiger partial charge < -0.3 is 18.9 Å². The molecule has 0 saturated carbocycles. The Kier molecular flexibility index (Phi) is 5.08. The highest BCUT2D eigenvalue weighted by Crippen LogP contribution is 2.55. The van der Waals surface area contributed by atoms with E-state index in [1.807, 2.05) is 18.7 Å². The summed E-state index contributed by atoms with van der Waals surface area (Å²) in [6.45, 7) is 12.6. The van der Waals surface area contributed by atoms with Crippen molar-refractivity contribution in [1.29, 1.82) is 0 Å². The van der Waals surface area contributed by atoms with E-state index in [9.17, 15) is 4.79 Å². The molecule has 7 heteroatoms. The van der Waals surface area contributed by atoms with Gasteiger partial charge >= 0.3 is 0 Å². The zero-order valence-corrected chi connectivity index (χ0v) is 19.7. The zero-order chi connectivity index (χ0) is 22.7. The Bertz CT molecular complexity index is 1020. The summed E-state index contributed by atoms with van der Waals surface area (Å²) in [4.78, 5) is 19.1. The van der Waals surface area contributed by atoms with Crippen molar-refractivity contribution in [2.75, 3.05) is 19.7 Å². The SMILES string of the molecule is Cc1ccc2c(c1)OC(C)(C)[C@H]1CC3(CO[C@H]21)CN(C(=O)CCc1nc(C(C)C)no1)C3. The highest BCUT2D eigenvalue weighted by atomic mass is 16.5. The lowest BCUT2D eigenvalue weighted by Crippen LogP contribution is -2.65. The minimum atomic E-state index is -0.310. The highest BCUT2D eigenvalue weighted by Gasteiger charge is 2.56. The molecule has 2 atom stereocenters. The standard InChI is InChI=1S/C25H33N3O4/c1-15(2)23-26-20(32-27-23)8-9-21(29)28-12-25(13-28)11-18-22(30-14-25)17-7-6-16(3)10-19(17)31-24(18,4)5/h6-7,10,15,18,22H,8-9,11-14H2,1-5H3/t18-,22+/m0/s1. The zero-order valence-electron chi connectivity index (χ0n) is 19.7. The van der Waals surface area contributed by atoms with Gasteiger partial charge in [-0.2, -0.15) is 4.98 Å². The van der Waals surface area contributed by atoms with Crippen molar-refractivity contribution in [2.45, 2.75) is 71.5 Å². The number of nitrogens with zero attached hydrogens (tertiary/aromatic N) is 3. The second kappa shape index (κ2) is 7.58. The lowest BCUT2D eigenvalue weighted by Gasteiger charge is -2.58. The molecule has 7 nitrogen and oxygen atoms in total. The van der Waals surface area contributed by atoms with Crippen LogP contribution in [0, 0.1) is 18.3 Å². The topological polar surface area (TPSA) is 77.7 Å². The first-order valence-electron chi connectivity index (χ1n) is 11.7. The number of aromatic nitrogens is 2. The predicted octanol–water partition coefficient (Wildman–Crippen LogP) is 4.21. The van der Waals surface area contributed by atoms with Gasteiger partial charge in [0.2, 0.25) is 11.8 Å². The van der Waals surface area contributed by atoms with Crippen LogP contribution in [-0.2, 0) is 16.0 Å². The Morgan fingerprint density at radius 2 is 2.06 bits per heavy atom. The summed E-state index contributed by atoms with van der Waals surface area (Å²) in [7, 11) is 0. The van der Waals surface area contributed by atoms with E-state index >= 15 is 0 Å². The van der Waals surface area contributed by atoms with Crippen LogP contribution in [0.3, 0.4) is 0 Å². The molecule has 0 bridgehead atoms. The lowest BCUT2D eigenvalue weighted by atomic mass is 9.64. The Morgan fingerprint density at radius 3 is 2.78 bits per heavy atom. The number of hydrogen-bond donors (Lipinski definition) is 0. The number of hydrogen-bond acceptors (Lipinski definition) is 6. The van der Waals surface area contributed by atoms with Crippen LogP contribution in [0.25, 0.3) is 0 Å². The quantitative estimate of drug-likeness (QED) is 0.710. The molecule has 0 aliphatic carbocycles. The van der Waals surface area contributed by atoms with Crippen LogP contribution >= 0.6 is 0 Å². The molecule has 3 aliphatic rings. The molecule has 32 heavy (non-hydrogen) atoms. The number of benzene rings is 1. The minimum Gasteiger partial charge on any atom is -0.487 e. The van der Waals surface area contributed by atoms with E-state index in [0.29, 0.717) is 31.2 Å². The molecule has 2 aromatic rings. The molecule has 5 rings (SSSR count). The molecule has 4 heterocycles. The van der Waals surface area contributed by atoms with Crippen LogP contribution in [0.4, 0.5) is 0 Å². The minimum absolute atomic E-state index is 0.0228. The van der Waals surface area contributed by atoms with E-state index in [-0.39, 0.29) is 34.9 Å². The number of aryl methyl sites for hydroxylation is 2. The van der Waals surface area contributed by atoms with Crippen LogP contribution in [0.5, 0.6) is 5.75 Å². The van der Waals surface area contributed by atoms with E-state index in [1.54, 1.807) is 0 Å². The van der Waals surface area contributed by atoms with Crippen molar-refractivity contribution in [1.82, 2.24) is 15.0 Å². The first kappa shape index (κ1) is 21.4. The third-order valence-corrected chi connectivity index (χ3v) is 7.29. The number of rotatable bonds is 4. The first-order chi connectivity index (χ1) is 15.2. The molecule has 0 radical (unpaired) electrons. The van der Waals surface area contributed by atoms with Gasteiger partial charge in [0.05, 0.1) is 12.7 Å². The molecule has 0 unspecified atom stereocenters. The predicted molar refractivity (Wildman–Crippen MR) is 118 cm³/mol. The molecule has 2 fully saturated rings. The van der Waals surface area contributed by atoms with Gasteiger partial charge in [-0.1, -0.05) is 31.1 Å². The second-order valence-corrected chi connectivity index (χ2v) is 10.7. The van der Waals surface area contributed by atoms with Crippen molar-refractivity contribution in [2.24, 2.45) is 11.3 Å². The van der Waals surface area contributed by atoms with Crippen molar-refractivity contribution >= 4 is 5.91 Å². The van der Waals surface area contributed by atoms with Crippen LogP contribution in [0.1, 0.15) is 75.4 Å². The fourth-order valence-corrected chi connectivity index (χ4v) is 5.39. The van der Waals surface area contributed by atoms with Crippen molar-refractivity contribution < 1.29 is 18.8 Å². The van der Waals surface area contributed by atoms with E-state index in [4.69, 9.17) is 14.0 Å². The molecule has 1 aromatic carbocycles. The maximum absolute atomic E-state index is 12.7.